The van der Waals surface area contributed by atoms with Crippen LogP contribution in [0.4, 0.5) is 5.69 Å². The molecule has 1 amide bonds. The number of benzene rings is 2. The van der Waals surface area contributed by atoms with Gasteiger partial charge < -0.3 is 23.7 Å². The lowest BCUT2D eigenvalue weighted by atomic mass is 9.91. The normalized spacial score (nSPS) is 17.1. The molecule has 3 heterocycles. The molecule has 0 N–H and O–H groups in total. The maximum Gasteiger partial charge on any atom is 0.340 e. The molecule has 5 rings (SSSR count). The summed E-state index contributed by atoms with van der Waals surface area (Å²) in [6.07, 6.45) is 1.58. The van der Waals surface area contributed by atoms with Crippen LogP contribution in [-0.2, 0) is 17.6 Å². The molecule has 2 aliphatic rings. The van der Waals surface area contributed by atoms with Crippen LogP contribution in [0, 0.1) is 6.92 Å². The Kier molecular flexibility index (Phi) is 5.95. The molecule has 2 aliphatic heterocycles. The van der Waals surface area contributed by atoms with E-state index in [1.54, 1.807) is 7.11 Å². The maximum absolute atomic E-state index is 13.2. The summed E-state index contributed by atoms with van der Waals surface area (Å²) in [7, 11) is 1.59. The van der Waals surface area contributed by atoms with E-state index in [4.69, 9.17) is 13.9 Å². The average Bonchev–Trinajstić information content (AvgIpc) is 2.85. The van der Waals surface area contributed by atoms with E-state index in [0.717, 1.165) is 48.1 Å². The molecule has 0 bridgehead atoms. The second-order valence-corrected chi connectivity index (χ2v) is 9.99. The Morgan fingerprint density at radius 1 is 1.11 bits per heavy atom. The molecule has 0 unspecified atom stereocenters. The van der Waals surface area contributed by atoms with Crippen LogP contribution in [0.15, 0.2) is 45.6 Å². The van der Waals surface area contributed by atoms with Gasteiger partial charge in [0.15, 0.2) is 0 Å². The first kappa shape index (κ1) is 23.3. The number of ether oxygens (including phenoxy) is 2. The topological polar surface area (TPSA) is 72.2 Å². The van der Waals surface area contributed by atoms with Gasteiger partial charge in [-0.25, -0.2) is 4.79 Å². The van der Waals surface area contributed by atoms with E-state index in [2.05, 4.69) is 17.0 Å². The smallest absolute Gasteiger partial charge is 0.340 e. The molecule has 184 valence electrons. The molecule has 0 saturated carbocycles. The number of carbonyl (C=O) groups excluding carboxylic acids is 1. The fourth-order valence-corrected chi connectivity index (χ4v) is 5.16. The number of methoxy groups -OCH3 is 1. The van der Waals surface area contributed by atoms with Gasteiger partial charge in [-0.3, -0.25) is 4.79 Å². The minimum absolute atomic E-state index is 0.0131. The Bertz CT molecular complexity index is 1320. The number of nitrogens with zero attached hydrogens (tertiary/aromatic N) is 2. The van der Waals surface area contributed by atoms with Crippen molar-refractivity contribution in [2.75, 3.05) is 38.2 Å². The van der Waals surface area contributed by atoms with Gasteiger partial charge in [-0.15, -0.1) is 0 Å². The van der Waals surface area contributed by atoms with E-state index in [-0.39, 0.29) is 17.9 Å². The number of aryl methyl sites for hydroxylation is 2. The number of fused-ring (bicyclic) bond motifs is 3. The Balaban J connectivity index is 1.41. The summed E-state index contributed by atoms with van der Waals surface area (Å²) in [5.74, 6) is 1.21. The second kappa shape index (κ2) is 8.95. The molecule has 7 nitrogen and oxygen atoms in total. The minimum atomic E-state index is -0.466. The molecule has 0 atom stereocenters. The van der Waals surface area contributed by atoms with Crippen LogP contribution in [0.25, 0.3) is 11.0 Å². The lowest BCUT2D eigenvalue weighted by Gasteiger charge is -2.36. The number of carbonyl (C=O) groups is 1. The van der Waals surface area contributed by atoms with Crippen LogP contribution in [0.3, 0.4) is 0 Å². The first-order valence-electron chi connectivity index (χ1n) is 12.2. The number of piperazine rings is 1. The summed E-state index contributed by atoms with van der Waals surface area (Å²) in [5, 5.41) is 0.742. The van der Waals surface area contributed by atoms with E-state index < -0.39 is 5.63 Å². The molecule has 7 heteroatoms. The summed E-state index contributed by atoms with van der Waals surface area (Å²) in [5.41, 5.74) is 2.92. The third kappa shape index (κ3) is 4.35. The molecule has 1 aromatic heterocycles. The van der Waals surface area contributed by atoms with Crippen LogP contribution in [0.1, 0.15) is 37.0 Å². The number of para-hydroxylation sites is 1. The van der Waals surface area contributed by atoms with Crippen molar-refractivity contribution in [3.05, 3.63) is 63.5 Å². The fraction of sp³-hybridized carbons (Fsp3) is 0.429. The molecular weight excluding hydrogens is 444 g/mol. The van der Waals surface area contributed by atoms with Crippen LogP contribution in [0.2, 0.25) is 0 Å². The summed E-state index contributed by atoms with van der Waals surface area (Å²) < 4.78 is 17.7. The third-order valence-electron chi connectivity index (χ3n) is 7.24. The van der Waals surface area contributed by atoms with E-state index in [9.17, 15) is 9.59 Å². The molecule has 0 spiro atoms. The van der Waals surface area contributed by atoms with Crippen LogP contribution >= 0.6 is 0 Å². The predicted molar refractivity (Wildman–Crippen MR) is 136 cm³/mol. The highest BCUT2D eigenvalue weighted by Gasteiger charge is 2.31. The molecule has 0 aliphatic carbocycles. The largest absolute Gasteiger partial charge is 0.496 e. The Hall–Kier alpha value is -3.48. The first-order chi connectivity index (χ1) is 16.8. The van der Waals surface area contributed by atoms with E-state index in [0.29, 0.717) is 35.7 Å². The summed E-state index contributed by atoms with van der Waals surface area (Å²) in [6, 6.07) is 12.1. The van der Waals surface area contributed by atoms with Crippen LogP contribution in [-0.4, -0.2) is 49.7 Å². The first-order valence-corrected chi connectivity index (χ1v) is 12.2. The van der Waals surface area contributed by atoms with Gasteiger partial charge in [0.2, 0.25) is 5.91 Å². The summed E-state index contributed by atoms with van der Waals surface area (Å²) in [6.45, 7) is 8.72. The van der Waals surface area contributed by atoms with Gasteiger partial charge >= 0.3 is 5.63 Å². The van der Waals surface area contributed by atoms with Crippen LogP contribution in [0.5, 0.6) is 11.5 Å². The highest BCUT2D eigenvalue weighted by molar-refractivity contribution is 5.93. The van der Waals surface area contributed by atoms with Gasteiger partial charge in [-0.2, -0.15) is 0 Å². The highest BCUT2D eigenvalue weighted by Crippen LogP contribution is 2.43. The number of hydrogen-bond acceptors (Lipinski definition) is 6. The zero-order valence-electron chi connectivity index (χ0n) is 20.8. The lowest BCUT2D eigenvalue weighted by molar-refractivity contribution is -0.130. The van der Waals surface area contributed by atoms with Crippen molar-refractivity contribution >= 4 is 22.6 Å². The molecule has 2 aromatic carbocycles. The summed E-state index contributed by atoms with van der Waals surface area (Å²) >= 11 is 0. The molecule has 35 heavy (non-hydrogen) atoms. The Morgan fingerprint density at radius 3 is 2.51 bits per heavy atom. The van der Waals surface area contributed by atoms with Gasteiger partial charge in [0, 0.05) is 43.5 Å². The van der Waals surface area contributed by atoms with E-state index in [1.807, 2.05) is 49.9 Å². The second-order valence-electron chi connectivity index (χ2n) is 9.99. The van der Waals surface area contributed by atoms with Gasteiger partial charge in [0.25, 0.3) is 0 Å². The third-order valence-corrected chi connectivity index (χ3v) is 7.24. The average molecular weight is 477 g/mol. The van der Waals surface area contributed by atoms with Gasteiger partial charge in [-0.1, -0.05) is 18.2 Å². The van der Waals surface area contributed by atoms with Crippen molar-refractivity contribution in [2.24, 2.45) is 0 Å². The standard InChI is InChI=1S/C28H32N2O5/c1-18-21(16-24(31)30-14-12-29(13-15-30)19-8-6-5-7-9-19)27(32)34-26-20-10-11-28(2,3)35-22(20)17-23(33-4)25(18)26/h5-9,17H,10-16H2,1-4H3. The van der Waals surface area contributed by atoms with Crippen molar-refractivity contribution in [1.29, 1.82) is 0 Å². The van der Waals surface area contributed by atoms with Crippen molar-refractivity contribution < 1.29 is 18.7 Å². The predicted octanol–water partition coefficient (Wildman–Crippen LogP) is 4.10. The monoisotopic (exact) mass is 476 g/mol. The number of rotatable bonds is 4. The van der Waals surface area contributed by atoms with E-state index in [1.165, 1.54) is 0 Å². The molecule has 0 radical (unpaired) electrons. The number of anilines is 1. The minimum Gasteiger partial charge on any atom is -0.496 e. The Morgan fingerprint density at radius 2 is 1.83 bits per heavy atom. The SMILES string of the molecule is COc1cc2c(c3oc(=O)c(CC(=O)N4CCN(c5ccccc5)CC4)c(C)c13)CCC(C)(C)O2. The van der Waals surface area contributed by atoms with Crippen molar-refractivity contribution in [1.82, 2.24) is 4.90 Å². The number of amides is 1. The molecular formula is C28H32N2O5. The van der Waals surface area contributed by atoms with Crippen molar-refractivity contribution in [3.63, 3.8) is 0 Å². The Labute approximate surface area is 205 Å². The van der Waals surface area contributed by atoms with Gasteiger partial charge in [0.1, 0.15) is 22.7 Å². The molecule has 3 aromatic rings. The van der Waals surface area contributed by atoms with Crippen molar-refractivity contribution in [2.45, 2.75) is 45.6 Å². The van der Waals surface area contributed by atoms with E-state index >= 15 is 0 Å². The zero-order chi connectivity index (χ0) is 24.7. The number of hydrogen-bond donors (Lipinski definition) is 0. The zero-order valence-corrected chi connectivity index (χ0v) is 20.8. The molecule has 1 fully saturated rings. The quantitative estimate of drug-likeness (QED) is 0.528. The molecule has 1 saturated heterocycles. The summed E-state index contributed by atoms with van der Waals surface area (Å²) in [4.78, 5) is 30.4. The maximum atomic E-state index is 13.2. The van der Waals surface area contributed by atoms with Gasteiger partial charge in [0.05, 0.1) is 24.5 Å². The van der Waals surface area contributed by atoms with Crippen LogP contribution < -0.4 is 20.0 Å². The van der Waals surface area contributed by atoms with Crippen molar-refractivity contribution in [3.8, 4) is 11.5 Å². The highest BCUT2D eigenvalue weighted by atomic mass is 16.5. The lowest BCUT2D eigenvalue weighted by Crippen LogP contribution is -2.49. The fourth-order valence-electron chi connectivity index (χ4n) is 5.16. The van der Waals surface area contributed by atoms with Gasteiger partial charge in [-0.05, 0) is 51.3 Å².